The Labute approximate surface area is 104 Å². The molecule has 0 radical (unpaired) electrons. The number of hydrogen-bond acceptors (Lipinski definition) is 1. The molecule has 0 atom stereocenters. The second kappa shape index (κ2) is 4.27. The Morgan fingerprint density at radius 3 is 2.78 bits per heavy atom. The van der Waals surface area contributed by atoms with E-state index in [4.69, 9.17) is 5.73 Å². The molecule has 18 heavy (non-hydrogen) atoms. The van der Waals surface area contributed by atoms with Crippen molar-refractivity contribution >= 4 is 10.9 Å². The summed E-state index contributed by atoms with van der Waals surface area (Å²) >= 11 is 0. The van der Waals surface area contributed by atoms with Crippen molar-refractivity contribution in [2.45, 2.75) is 6.54 Å². The third kappa shape index (κ3) is 1.79. The third-order valence-electron chi connectivity index (χ3n) is 3.08. The predicted octanol–water partition coefficient (Wildman–Crippen LogP) is 3.23. The lowest BCUT2D eigenvalue weighted by atomic mass is 10.2. The summed E-state index contributed by atoms with van der Waals surface area (Å²) < 4.78 is 15.2. The molecule has 1 heterocycles. The largest absolute Gasteiger partial charge is 0.326 e. The van der Waals surface area contributed by atoms with Gasteiger partial charge in [-0.15, -0.1) is 0 Å². The van der Waals surface area contributed by atoms with E-state index in [2.05, 4.69) is 0 Å². The number of aromatic nitrogens is 1. The minimum absolute atomic E-state index is 0.212. The van der Waals surface area contributed by atoms with Gasteiger partial charge in [-0.25, -0.2) is 4.39 Å². The standard InChI is InChI=1S/C15H13FN2/c16-13-4-5-15-12(9-13)6-7-18(15)14-3-1-2-11(8-14)10-17/h1-9H,10,17H2. The minimum Gasteiger partial charge on any atom is -0.326 e. The van der Waals surface area contributed by atoms with E-state index >= 15 is 0 Å². The van der Waals surface area contributed by atoms with Crippen LogP contribution in [0.15, 0.2) is 54.7 Å². The van der Waals surface area contributed by atoms with Crippen molar-refractivity contribution in [3.05, 3.63) is 66.1 Å². The number of hydrogen-bond donors (Lipinski definition) is 1. The van der Waals surface area contributed by atoms with E-state index in [0.717, 1.165) is 22.2 Å². The molecule has 90 valence electrons. The summed E-state index contributed by atoms with van der Waals surface area (Å²) in [6.45, 7) is 0.516. The summed E-state index contributed by atoms with van der Waals surface area (Å²) in [4.78, 5) is 0. The van der Waals surface area contributed by atoms with Gasteiger partial charge in [0, 0.05) is 23.8 Å². The summed E-state index contributed by atoms with van der Waals surface area (Å²) in [7, 11) is 0. The Hall–Kier alpha value is -2.13. The summed E-state index contributed by atoms with van der Waals surface area (Å²) in [5.41, 5.74) is 8.76. The van der Waals surface area contributed by atoms with Crippen molar-refractivity contribution in [2.75, 3.05) is 0 Å². The molecule has 0 unspecified atom stereocenters. The molecule has 0 spiro atoms. The van der Waals surface area contributed by atoms with Crippen molar-refractivity contribution in [3.8, 4) is 5.69 Å². The zero-order chi connectivity index (χ0) is 12.5. The molecular weight excluding hydrogens is 227 g/mol. The van der Waals surface area contributed by atoms with Crippen LogP contribution in [0.5, 0.6) is 0 Å². The average Bonchev–Trinajstić information content (AvgIpc) is 2.81. The van der Waals surface area contributed by atoms with E-state index in [1.807, 2.05) is 41.1 Å². The van der Waals surface area contributed by atoms with Crippen LogP contribution in [0.25, 0.3) is 16.6 Å². The summed E-state index contributed by atoms with van der Waals surface area (Å²) in [6, 6.07) is 14.8. The van der Waals surface area contributed by atoms with E-state index in [1.54, 1.807) is 12.1 Å². The van der Waals surface area contributed by atoms with Gasteiger partial charge < -0.3 is 10.3 Å². The molecule has 0 amide bonds. The van der Waals surface area contributed by atoms with E-state index < -0.39 is 0 Å². The second-order valence-electron chi connectivity index (χ2n) is 4.26. The molecular formula is C15H13FN2. The van der Waals surface area contributed by atoms with Crippen molar-refractivity contribution in [1.82, 2.24) is 4.57 Å². The van der Waals surface area contributed by atoms with Gasteiger partial charge in [0.05, 0.1) is 5.52 Å². The molecule has 0 aliphatic heterocycles. The molecule has 0 fully saturated rings. The number of benzene rings is 2. The van der Waals surface area contributed by atoms with Crippen LogP contribution < -0.4 is 5.73 Å². The molecule has 0 saturated carbocycles. The van der Waals surface area contributed by atoms with E-state index in [1.165, 1.54) is 6.07 Å². The Balaban J connectivity index is 2.19. The molecule has 3 aromatic rings. The maximum atomic E-state index is 13.1. The van der Waals surface area contributed by atoms with E-state index in [9.17, 15) is 4.39 Å². The highest BCUT2D eigenvalue weighted by atomic mass is 19.1. The van der Waals surface area contributed by atoms with Crippen LogP contribution in [-0.4, -0.2) is 4.57 Å². The summed E-state index contributed by atoms with van der Waals surface area (Å²) in [6.07, 6.45) is 1.94. The molecule has 1 aromatic heterocycles. The Bertz CT molecular complexity index is 701. The predicted molar refractivity (Wildman–Crippen MR) is 71.1 cm³/mol. The van der Waals surface area contributed by atoms with Crippen molar-refractivity contribution in [2.24, 2.45) is 5.73 Å². The zero-order valence-electron chi connectivity index (χ0n) is 9.81. The van der Waals surface area contributed by atoms with Crippen molar-refractivity contribution in [1.29, 1.82) is 0 Å². The van der Waals surface area contributed by atoms with Gasteiger partial charge in [-0.1, -0.05) is 12.1 Å². The van der Waals surface area contributed by atoms with Gasteiger partial charge in [0.15, 0.2) is 0 Å². The Morgan fingerprint density at radius 1 is 1.06 bits per heavy atom. The van der Waals surface area contributed by atoms with Crippen LogP contribution >= 0.6 is 0 Å². The van der Waals surface area contributed by atoms with Gasteiger partial charge in [-0.3, -0.25) is 0 Å². The van der Waals surface area contributed by atoms with Gasteiger partial charge >= 0.3 is 0 Å². The molecule has 3 rings (SSSR count). The van der Waals surface area contributed by atoms with E-state index in [0.29, 0.717) is 6.54 Å². The van der Waals surface area contributed by atoms with Crippen LogP contribution in [0, 0.1) is 5.82 Å². The van der Waals surface area contributed by atoms with E-state index in [-0.39, 0.29) is 5.82 Å². The van der Waals surface area contributed by atoms with Crippen molar-refractivity contribution < 1.29 is 4.39 Å². The molecule has 2 aromatic carbocycles. The molecule has 2 N–H and O–H groups in total. The number of nitrogens with zero attached hydrogens (tertiary/aromatic N) is 1. The lowest BCUT2D eigenvalue weighted by Gasteiger charge is -2.07. The first-order valence-electron chi connectivity index (χ1n) is 5.84. The van der Waals surface area contributed by atoms with Gasteiger partial charge in [0.2, 0.25) is 0 Å². The number of rotatable bonds is 2. The highest BCUT2D eigenvalue weighted by molar-refractivity contribution is 5.82. The summed E-state index contributed by atoms with van der Waals surface area (Å²) in [5.74, 6) is -0.212. The highest BCUT2D eigenvalue weighted by Crippen LogP contribution is 2.21. The average molecular weight is 240 g/mol. The number of halogens is 1. The Kier molecular flexibility index (Phi) is 2.61. The van der Waals surface area contributed by atoms with Crippen LogP contribution in [-0.2, 0) is 6.54 Å². The second-order valence-corrected chi connectivity index (χ2v) is 4.26. The van der Waals surface area contributed by atoms with Crippen LogP contribution in [0.3, 0.4) is 0 Å². The monoisotopic (exact) mass is 240 g/mol. The van der Waals surface area contributed by atoms with Gasteiger partial charge in [-0.2, -0.15) is 0 Å². The number of nitrogens with two attached hydrogens (primary N) is 1. The van der Waals surface area contributed by atoms with Crippen molar-refractivity contribution in [3.63, 3.8) is 0 Å². The lowest BCUT2D eigenvalue weighted by Crippen LogP contribution is -1.98. The molecule has 0 saturated heterocycles. The van der Waals surface area contributed by atoms with Gasteiger partial charge in [0.25, 0.3) is 0 Å². The smallest absolute Gasteiger partial charge is 0.123 e. The maximum Gasteiger partial charge on any atom is 0.123 e. The first-order chi connectivity index (χ1) is 8.78. The number of fused-ring (bicyclic) bond motifs is 1. The fourth-order valence-corrected chi connectivity index (χ4v) is 2.17. The normalized spacial score (nSPS) is 11.0. The SMILES string of the molecule is NCc1cccc(-n2ccc3cc(F)ccc32)c1. The summed E-state index contributed by atoms with van der Waals surface area (Å²) in [5, 5.41) is 0.896. The maximum absolute atomic E-state index is 13.1. The van der Waals surface area contributed by atoms with Crippen LogP contribution in [0.2, 0.25) is 0 Å². The molecule has 0 bridgehead atoms. The molecule has 2 nitrogen and oxygen atoms in total. The Morgan fingerprint density at radius 2 is 1.94 bits per heavy atom. The molecule has 3 heteroatoms. The topological polar surface area (TPSA) is 30.9 Å². The van der Waals surface area contributed by atoms with Gasteiger partial charge in [0.1, 0.15) is 5.82 Å². The quantitative estimate of drug-likeness (QED) is 0.732. The molecule has 0 aliphatic carbocycles. The first-order valence-corrected chi connectivity index (χ1v) is 5.84. The van der Waals surface area contributed by atoms with Gasteiger partial charge in [-0.05, 0) is 42.0 Å². The molecule has 0 aliphatic rings. The van der Waals surface area contributed by atoms with Crippen LogP contribution in [0.1, 0.15) is 5.56 Å². The lowest BCUT2D eigenvalue weighted by molar-refractivity contribution is 0.629. The third-order valence-corrected chi connectivity index (χ3v) is 3.08. The highest BCUT2D eigenvalue weighted by Gasteiger charge is 2.04. The fraction of sp³-hybridized carbons (Fsp3) is 0.0667. The first kappa shape index (κ1) is 11.0. The minimum atomic E-state index is -0.212. The zero-order valence-corrected chi connectivity index (χ0v) is 9.81. The fourth-order valence-electron chi connectivity index (χ4n) is 2.17. The van der Waals surface area contributed by atoms with Crippen LogP contribution in [0.4, 0.5) is 4.39 Å².